The van der Waals surface area contributed by atoms with Gasteiger partial charge in [0.25, 0.3) is 0 Å². The summed E-state index contributed by atoms with van der Waals surface area (Å²) in [7, 11) is -2.41. The summed E-state index contributed by atoms with van der Waals surface area (Å²) in [5.41, 5.74) is 3.30. The maximum Gasteiger partial charge on any atom is 0.329 e. The van der Waals surface area contributed by atoms with Gasteiger partial charge in [-0.15, -0.1) is 0 Å². The molecular formula is C28H25ClN4O6S. The minimum Gasteiger partial charge on any atom is -0.497 e. The molecule has 0 fully saturated rings. The minimum absolute atomic E-state index is 0.0665. The molecule has 4 rings (SSSR count). The molecule has 2 N–H and O–H groups in total. The molecule has 0 bridgehead atoms. The number of hydrogen-bond donors (Lipinski definition) is 2. The van der Waals surface area contributed by atoms with E-state index in [1.165, 1.54) is 41.9 Å². The maximum absolute atomic E-state index is 13.5. The Kier molecular flexibility index (Phi) is 9.33. The zero-order valence-corrected chi connectivity index (χ0v) is 22.9. The van der Waals surface area contributed by atoms with Crippen molar-refractivity contribution in [3.05, 3.63) is 113 Å². The van der Waals surface area contributed by atoms with E-state index in [9.17, 15) is 18.0 Å². The molecular weight excluding hydrogens is 556 g/mol. The maximum atomic E-state index is 13.5. The van der Waals surface area contributed by atoms with E-state index in [1.54, 1.807) is 36.4 Å². The standard InChI is InChI=1S/C28H25ClN4O6S/c1-38-23-9-5-8-22(16-23)31-27(34)28(35)32-30-17-24-12-13-25(39-24)19-33(18-20-6-3-2-4-7-20)40(36,37)26-14-10-21(29)11-15-26/h2-17H,18-19H2,1H3,(H,31,34)(H,32,35)/b30-17+. The summed E-state index contributed by atoms with van der Waals surface area (Å²) in [5, 5.41) is 6.62. The van der Waals surface area contributed by atoms with Gasteiger partial charge in [0.05, 0.1) is 24.8 Å². The Morgan fingerprint density at radius 3 is 2.42 bits per heavy atom. The molecule has 0 unspecified atom stereocenters. The summed E-state index contributed by atoms with van der Waals surface area (Å²) >= 11 is 5.94. The van der Waals surface area contributed by atoms with Crippen molar-refractivity contribution in [1.29, 1.82) is 0 Å². The number of sulfonamides is 1. The van der Waals surface area contributed by atoms with Crippen LogP contribution >= 0.6 is 11.6 Å². The number of hydrazone groups is 1. The molecule has 0 saturated carbocycles. The van der Waals surface area contributed by atoms with Crippen molar-refractivity contribution in [2.24, 2.45) is 5.10 Å². The first-order valence-electron chi connectivity index (χ1n) is 11.9. The highest BCUT2D eigenvalue weighted by Crippen LogP contribution is 2.23. The fraction of sp³-hybridized carbons (Fsp3) is 0.107. The van der Waals surface area contributed by atoms with Crippen molar-refractivity contribution in [3.8, 4) is 5.75 Å². The second kappa shape index (κ2) is 13.1. The molecule has 10 nitrogen and oxygen atoms in total. The number of halogens is 1. The number of amides is 2. The number of nitrogens with zero attached hydrogens (tertiary/aromatic N) is 2. The number of benzene rings is 3. The van der Waals surface area contributed by atoms with Gasteiger partial charge in [-0.05, 0) is 54.1 Å². The Bertz CT molecular complexity index is 1610. The van der Waals surface area contributed by atoms with E-state index in [0.717, 1.165) is 5.56 Å². The minimum atomic E-state index is -3.90. The van der Waals surface area contributed by atoms with Crippen molar-refractivity contribution < 1.29 is 27.2 Å². The van der Waals surface area contributed by atoms with Crippen molar-refractivity contribution >= 4 is 45.3 Å². The topological polar surface area (TPSA) is 130 Å². The molecule has 1 heterocycles. The van der Waals surface area contributed by atoms with Gasteiger partial charge in [0.1, 0.15) is 17.3 Å². The first-order valence-corrected chi connectivity index (χ1v) is 13.7. The van der Waals surface area contributed by atoms with E-state index in [1.807, 2.05) is 30.3 Å². The van der Waals surface area contributed by atoms with E-state index in [-0.39, 0.29) is 23.7 Å². The molecule has 40 heavy (non-hydrogen) atoms. The number of carbonyl (C=O) groups excluding carboxylic acids is 2. The molecule has 2 amide bonds. The molecule has 0 saturated heterocycles. The van der Waals surface area contributed by atoms with Crippen molar-refractivity contribution in [2.75, 3.05) is 12.4 Å². The summed E-state index contributed by atoms with van der Waals surface area (Å²) < 4.78 is 39.0. The Morgan fingerprint density at radius 2 is 1.70 bits per heavy atom. The van der Waals surface area contributed by atoms with Gasteiger partial charge in [0.2, 0.25) is 10.0 Å². The molecule has 12 heteroatoms. The van der Waals surface area contributed by atoms with Crippen LogP contribution in [0.1, 0.15) is 17.1 Å². The third-order valence-corrected chi connectivity index (χ3v) is 7.62. The van der Waals surface area contributed by atoms with Gasteiger partial charge in [-0.25, -0.2) is 13.8 Å². The first-order chi connectivity index (χ1) is 19.2. The normalized spacial score (nSPS) is 11.5. The second-order valence-corrected chi connectivity index (χ2v) is 10.8. The molecule has 4 aromatic rings. The van der Waals surface area contributed by atoms with Crippen LogP contribution < -0.4 is 15.5 Å². The molecule has 0 aliphatic heterocycles. The van der Waals surface area contributed by atoms with Crippen LogP contribution in [-0.2, 0) is 32.7 Å². The zero-order valence-electron chi connectivity index (χ0n) is 21.3. The molecule has 206 valence electrons. The number of anilines is 1. The largest absolute Gasteiger partial charge is 0.497 e. The van der Waals surface area contributed by atoms with E-state index in [0.29, 0.717) is 22.2 Å². The van der Waals surface area contributed by atoms with Crippen molar-refractivity contribution in [1.82, 2.24) is 9.73 Å². The van der Waals surface area contributed by atoms with Gasteiger partial charge in [0.15, 0.2) is 0 Å². The average Bonchev–Trinajstić information content (AvgIpc) is 3.40. The first kappa shape index (κ1) is 28.6. The van der Waals surface area contributed by atoms with E-state index >= 15 is 0 Å². The summed E-state index contributed by atoms with van der Waals surface area (Å²) in [6, 6.07) is 24.8. The highest BCUT2D eigenvalue weighted by molar-refractivity contribution is 7.89. The number of methoxy groups -OCH3 is 1. The monoisotopic (exact) mass is 580 g/mol. The van der Waals surface area contributed by atoms with Gasteiger partial charge in [-0.1, -0.05) is 48.0 Å². The highest BCUT2D eigenvalue weighted by atomic mass is 35.5. The quantitative estimate of drug-likeness (QED) is 0.162. The van der Waals surface area contributed by atoms with Gasteiger partial charge in [-0.2, -0.15) is 9.41 Å². The summed E-state index contributed by atoms with van der Waals surface area (Å²) in [4.78, 5) is 24.3. The lowest BCUT2D eigenvalue weighted by Crippen LogP contribution is -2.32. The Balaban J connectivity index is 1.42. The highest BCUT2D eigenvalue weighted by Gasteiger charge is 2.26. The van der Waals surface area contributed by atoms with Crippen LogP contribution in [0, 0.1) is 0 Å². The van der Waals surface area contributed by atoms with Crippen LogP contribution in [0.5, 0.6) is 5.75 Å². The molecule has 0 aliphatic rings. The van der Waals surface area contributed by atoms with Crippen LogP contribution in [0.25, 0.3) is 0 Å². The van der Waals surface area contributed by atoms with Crippen molar-refractivity contribution in [2.45, 2.75) is 18.0 Å². The number of rotatable bonds is 10. The van der Waals surface area contributed by atoms with Gasteiger partial charge < -0.3 is 14.5 Å². The lowest BCUT2D eigenvalue weighted by atomic mass is 10.2. The third-order valence-electron chi connectivity index (χ3n) is 5.56. The van der Waals surface area contributed by atoms with Crippen LogP contribution in [0.2, 0.25) is 5.02 Å². The third kappa shape index (κ3) is 7.56. The van der Waals surface area contributed by atoms with Gasteiger partial charge in [0, 0.05) is 23.3 Å². The lowest BCUT2D eigenvalue weighted by molar-refractivity contribution is -0.136. The lowest BCUT2D eigenvalue weighted by Gasteiger charge is -2.21. The van der Waals surface area contributed by atoms with E-state index < -0.39 is 21.8 Å². The predicted molar refractivity (Wildman–Crippen MR) is 150 cm³/mol. The summed E-state index contributed by atoms with van der Waals surface area (Å²) in [6.07, 6.45) is 1.20. The van der Waals surface area contributed by atoms with Crippen LogP contribution in [0.15, 0.2) is 105 Å². The fourth-order valence-electron chi connectivity index (χ4n) is 3.59. The summed E-state index contributed by atoms with van der Waals surface area (Å²) in [5.74, 6) is -0.805. The average molecular weight is 581 g/mol. The molecule has 0 aliphatic carbocycles. The SMILES string of the molecule is COc1cccc(NC(=O)C(=O)N/N=C/c2ccc(CN(Cc3ccccc3)S(=O)(=O)c3ccc(Cl)cc3)o2)c1. The van der Waals surface area contributed by atoms with Crippen LogP contribution in [-0.4, -0.2) is 37.9 Å². The number of nitrogens with one attached hydrogen (secondary N) is 2. The number of furan rings is 1. The molecule has 3 aromatic carbocycles. The molecule has 0 spiro atoms. The van der Waals surface area contributed by atoms with E-state index in [2.05, 4.69) is 15.8 Å². The number of ether oxygens (including phenoxy) is 1. The zero-order chi connectivity index (χ0) is 28.5. The van der Waals surface area contributed by atoms with Crippen LogP contribution in [0.3, 0.4) is 0 Å². The fourth-order valence-corrected chi connectivity index (χ4v) is 5.11. The van der Waals surface area contributed by atoms with Gasteiger partial charge >= 0.3 is 11.8 Å². The Labute approximate surface area is 236 Å². The second-order valence-electron chi connectivity index (χ2n) is 8.40. The Morgan fingerprint density at radius 1 is 0.950 bits per heavy atom. The Hall–Kier alpha value is -4.45. The van der Waals surface area contributed by atoms with Crippen LogP contribution in [0.4, 0.5) is 5.69 Å². The smallest absolute Gasteiger partial charge is 0.329 e. The number of carbonyl (C=O) groups is 2. The molecule has 1 aromatic heterocycles. The number of hydrogen-bond acceptors (Lipinski definition) is 7. The van der Waals surface area contributed by atoms with E-state index in [4.69, 9.17) is 20.8 Å². The van der Waals surface area contributed by atoms with Crippen molar-refractivity contribution in [3.63, 3.8) is 0 Å². The molecule has 0 radical (unpaired) electrons. The van der Waals surface area contributed by atoms with Gasteiger partial charge in [-0.3, -0.25) is 9.59 Å². The molecule has 0 atom stereocenters. The summed E-state index contributed by atoms with van der Waals surface area (Å²) in [6.45, 7) is 0.0391. The predicted octanol–water partition coefficient (Wildman–Crippen LogP) is 4.42.